The van der Waals surface area contributed by atoms with Gasteiger partial charge in [-0.3, -0.25) is 19.9 Å². The van der Waals surface area contributed by atoms with Gasteiger partial charge < -0.3 is 5.32 Å². The average Bonchev–Trinajstić information content (AvgIpc) is 2.68. The molecule has 136 valence electrons. The Hall–Kier alpha value is -3.19. The van der Waals surface area contributed by atoms with Crippen LogP contribution in [0.2, 0.25) is 0 Å². The molecule has 1 amide bonds. The molecule has 0 saturated carbocycles. The minimum absolute atomic E-state index is 0.0465. The van der Waals surface area contributed by atoms with Gasteiger partial charge in [0, 0.05) is 40.4 Å². The predicted octanol–water partition coefficient (Wildman–Crippen LogP) is 4.46. The van der Waals surface area contributed by atoms with E-state index in [0.29, 0.717) is 11.3 Å². The second-order valence-corrected chi connectivity index (χ2v) is 6.83. The topological polar surface area (TPSA) is 85.1 Å². The number of amides is 1. The van der Waals surface area contributed by atoms with Gasteiger partial charge in [-0.2, -0.15) is 0 Å². The summed E-state index contributed by atoms with van der Waals surface area (Å²) in [6.45, 7) is 0. The molecule has 1 N–H and O–H groups in total. The molecule has 0 saturated heterocycles. The van der Waals surface area contributed by atoms with E-state index in [1.165, 1.54) is 6.07 Å². The summed E-state index contributed by atoms with van der Waals surface area (Å²) in [6, 6.07) is 17.7. The number of thioether (sulfide) groups is 1. The van der Waals surface area contributed by atoms with Gasteiger partial charge in [-0.15, -0.1) is 11.8 Å². The Morgan fingerprint density at radius 2 is 1.85 bits per heavy atom. The summed E-state index contributed by atoms with van der Waals surface area (Å²) < 4.78 is 0. The summed E-state index contributed by atoms with van der Waals surface area (Å²) >= 11 is 1.68. The Morgan fingerprint density at radius 3 is 2.56 bits per heavy atom. The molecule has 7 heteroatoms. The van der Waals surface area contributed by atoms with Gasteiger partial charge in [-0.25, -0.2) is 0 Å². The van der Waals surface area contributed by atoms with Crippen molar-refractivity contribution in [3.63, 3.8) is 0 Å². The SMILES string of the molecule is O=C(Cc1ccccc1[N+](=O)[O-])Nc1ccc(SCc2cccnc2)cc1. The lowest BCUT2D eigenvalue weighted by Crippen LogP contribution is -2.15. The number of nitrogens with one attached hydrogen (secondary N) is 1. The van der Waals surface area contributed by atoms with Gasteiger partial charge in [0.1, 0.15) is 0 Å². The number of carbonyl (C=O) groups is 1. The second-order valence-electron chi connectivity index (χ2n) is 5.79. The molecule has 1 aromatic heterocycles. The van der Waals surface area contributed by atoms with E-state index in [0.717, 1.165) is 16.2 Å². The zero-order valence-corrected chi connectivity index (χ0v) is 15.2. The lowest BCUT2D eigenvalue weighted by Gasteiger charge is -2.07. The van der Waals surface area contributed by atoms with Crippen LogP contribution in [0.5, 0.6) is 0 Å². The molecule has 27 heavy (non-hydrogen) atoms. The maximum Gasteiger partial charge on any atom is 0.273 e. The van der Waals surface area contributed by atoms with E-state index in [9.17, 15) is 14.9 Å². The molecule has 0 spiro atoms. The molecule has 2 aromatic carbocycles. The lowest BCUT2D eigenvalue weighted by atomic mass is 10.1. The Kier molecular flexibility index (Phi) is 6.17. The minimum Gasteiger partial charge on any atom is -0.326 e. The van der Waals surface area contributed by atoms with Crippen LogP contribution in [-0.2, 0) is 17.0 Å². The normalized spacial score (nSPS) is 10.4. The van der Waals surface area contributed by atoms with Gasteiger partial charge >= 0.3 is 0 Å². The zero-order valence-electron chi connectivity index (χ0n) is 14.4. The van der Waals surface area contributed by atoms with E-state index in [4.69, 9.17) is 0 Å². The van der Waals surface area contributed by atoms with E-state index in [1.807, 2.05) is 42.6 Å². The van der Waals surface area contributed by atoms with E-state index >= 15 is 0 Å². The summed E-state index contributed by atoms with van der Waals surface area (Å²) in [6.07, 6.45) is 3.54. The minimum atomic E-state index is -0.475. The first-order valence-electron chi connectivity index (χ1n) is 8.26. The molecular weight excluding hydrogens is 362 g/mol. The first kappa shape index (κ1) is 18.6. The number of nitro groups is 1. The van der Waals surface area contributed by atoms with Crippen LogP contribution < -0.4 is 5.32 Å². The summed E-state index contributed by atoms with van der Waals surface area (Å²) in [5, 5.41) is 13.8. The Labute approximate surface area is 160 Å². The van der Waals surface area contributed by atoms with Gasteiger partial charge in [0.05, 0.1) is 11.3 Å². The number of hydrogen-bond donors (Lipinski definition) is 1. The standard InChI is InChI=1S/C20H17N3O3S/c24-20(12-16-5-1-2-6-19(16)23(25)26)22-17-7-9-18(10-8-17)27-14-15-4-3-11-21-13-15/h1-11,13H,12,14H2,(H,22,24). The highest BCUT2D eigenvalue weighted by molar-refractivity contribution is 7.98. The molecule has 1 heterocycles. The van der Waals surface area contributed by atoms with Gasteiger partial charge in [0.15, 0.2) is 0 Å². The van der Waals surface area contributed by atoms with Crippen LogP contribution in [0.25, 0.3) is 0 Å². The smallest absolute Gasteiger partial charge is 0.273 e. The molecule has 0 atom stereocenters. The van der Waals surface area contributed by atoms with Crippen LogP contribution in [0.15, 0.2) is 78.0 Å². The molecule has 0 fully saturated rings. The van der Waals surface area contributed by atoms with Crippen molar-refractivity contribution in [3.8, 4) is 0 Å². The first-order valence-corrected chi connectivity index (χ1v) is 9.24. The number of hydrogen-bond acceptors (Lipinski definition) is 5. The van der Waals surface area contributed by atoms with Crippen LogP contribution in [0.3, 0.4) is 0 Å². The van der Waals surface area contributed by atoms with Crippen molar-refractivity contribution in [3.05, 3.63) is 94.3 Å². The van der Waals surface area contributed by atoms with Crippen molar-refractivity contribution in [1.29, 1.82) is 0 Å². The maximum absolute atomic E-state index is 12.2. The third kappa shape index (κ3) is 5.39. The summed E-state index contributed by atoms with van der Waals surface area (Å²) in [4.78, 5) is 27.9. The van der Waals surface area contributed by atoms with Crippen molar-refractivity contribution in [2.24, 2.45) is 0 Å². The van der Waals surface area contributed by atoms with Crippen LogP contribution in [0.4, 0.5) is 11.4 Å². The van der Waals surface area contributed by atoms with E-state index < -0.39 is 4.92 Å². The monoisotopic (exact) mass is 379 g/mol. The number of rotatable bonds is 7. The fraction of sp³-hybridized carbons (Fsp3) is 0.100. The average molecular weight is 379 g/mol. The third-order valence-electron chi connectivity index (χ3n) is 3.81. The summed E-state index contributed by atoms with van der Waals surface area (Å²) in [5.41, 5.74) is 2.15. The lowest BCUT2D eigenvalue weighted by molar-refractivity contribution is -0.385. The van der Waals surface area contributed by atoms with Gasteiger partial charge in [-0.05, 0) is 35.9 Å². The van der Waals surface area contributed by atoms with Crippen LogP contribution >= 0.6 is 11.8 Å². The Morgan fingerprint density at radius 1 is 1.07 bits per heavy atom. The number of nitro benzene ring substituents is 1. The number of benzene rings is 2. The molecule has 0 aliphatic rings. The molecule has 0 aliphatic heterocycles. The second kappa shape index (κ2) is 8.95. The highest BCUT2D eigenvalue weighted by Crippen LogP contribution is 2.24. The largest absolute Gasteiger partial charge is 0.326 e. The van der Waals surface area contributed by atoms with Crippen LogP contribution in [-0.4, -0.2) is 15.8 Å². The van der Waals surface area contributed by atoms with E-state index in [2.05, 4.69) is 10.3 Å². The quantitative estimate of drug-likeness (QED) is 0.372. The summed E-state index contributed by atoms with van der Waals surface area (Å²) in [5.74, 6) is 0.525. The molecule has 0 aliphatic carbocycles. The van der Waals surface area contributed by atoms with Crippen molar-refractivity contribution in [2.75, 3.05) is 5.32 Å². The van der Waals surface area contributed by atoms with Crippen molar-refractivity contribution >= 4 is 29.0 Å². The Balaban J connectivity index is 1.56. The summed E-state index contributed by atoms with van der Waals surface area (Å²) in [7, 11) is 0. The molecule has 6 nitrogen and oxygen atoms in total. The molecule has 0 unspecified atom stereocenters. The van der Waals surface area contributed by atoms with E-state index in [-0.39, 0.29) is 18.0 Å². The molecule has 0 bridgehead atoms. The number of nitrogens with zero attached hydrogens (tertiary/aromatic N) is 2. The van der Waals surface area contributed by atoms with E-state index in [1.54, 1.807) is 36.2 Å². The molecular formula is C20H17N3O3S. The molecule has 3 rings (SSSR count). The highest BCUT2D eigenvalue weighted by Gasteiger charge is 2.15. The van der Waals surface area contributed by atoms with Crippen molar-refractivity contribution in [2.45, 2.75) is 17.1 Å². The fourth-order valence-electron chi connectivity index (χ4n) is 2.50. The first-order chi connectivity index (χ1) is 13.1. The number of para-hydroxylation sites is 1. The van der Waals surface area contributed by atoms with Crippen molar-refractivity contribution in [1.82, 2.24) is 4.98 Å². The van der Waals surface area contributed by atoms with Gasteiger partial charge in [0.25, 0.3) is 5.69 Å². The third-order valence-corrected chi connectivity index (χ3v) is 4.89. The van der Waals surface area contributed by atoms with Crippen LogP contribution in [0.1, 0.15) is 11.1 Å². The highest BCUT2D eigenvalue weighted by atomic mass is 32.2. The van der Waals surface area contributed by atoms with Crippen LogP contribution in [0, 0.1) is 10.1 Å². The number of pyridine rings is 1. The Bertz CT molecular complexity index is 931. The number of aromatic nitrogens is 1. The molecule has 0 radical (unpaired) electrons. The maximum atomic E-state index is 12.2. The number of carbonyl (C=O) groups excluding carboxylic acids is 1. The predicted molar refractivity (Wildman–Crippen MR) is 106 cm³/mol. The molecule has 3 aromatic rings. The number of anilines is 1. The van der Waals surface area contributed by atoms with Gasteiger partial charge in [-0.1, -0.05) is 24.3 Å². The zero-order chi connectivity index (χ0) is 19.1. The van der Waals surface area contributed by atoms with Gasteiger partial charge in [0.2, 0.25) is 5.91 Å². The van der Waals surface area contributed by atoms with Crippen molar-refractivity contribution < 1.29 is 9.72 Å². The fourth-order valence-corrected chi connectivity index (χ4v) is 3.33.